The van der Waals surface area contributed by atoms with Crippen LogP contribution in [0.5, 0.6) is 0 Å². The van der Waals surface area contributed by atoms with Crippen LogP contribution in [-0.2, 0) is 0 Å². The molecule has 4 heteroatoms. The van der Waals surface area contributed by atoms with Crippen LogP contribution < -0.4 is 0 Å². The molecule has 1 atom stereocenters. The Hall–Kier alpha value is -0.450. The minimum absolute atomic E-state index is 0.511. The standard InChI is InChI=1S/C12H13NS3/c1-3-9(4-2)15-16-12-13-10-7-5-6-8-11(10)14-12/h3,5-9H,1,4H2,2H3. The van der Waals surface area contributed by atoms with Crippen LogP contribution in [0.2, 0.25) is 0 Å². The summed E-state index contributed by atoms with van der Waals surface area (Å²) < 4.78 is 2.39. The third-order valence-electron chi connectivity index (χ3n) is 2.18. The first-order valence-corrected chi connectivity index (χ1v) is 8.18. The highest BCUT2D eigenvalue weighted by molar-refractivity contribution is 8.77. The largest absolute Gasteiger partial charge is 0.229 e. The van der Waals surface area contributed by atoms with E-state index in [1.54, 1.807) is 22.1 Å². The summed E-state index contributed by atoms with van der Waals surface area (Å²) in [7, 11) is 3.59. The van der Waals surface area contributed by atoms with Gasteiger partial charge in [-0.2, -0.15) is 0 Å². The van der Waals surface area contributed by atoms with Crippen molar-refractivity contribution >= 4 is 43.1 Å². The number of rotatable bonds is 5. The predicted octanol–water partition coefficient (Wildman–Crippen LogP) is 5.00. The molecule has 0 saturated heterocycles. The molecule has 2 aromatic rings. The van der Waals surface area contributed by atoms with Gasteiger partial charge < -0.3 is 0 Å². The molecule has 0 spiro atoms. The van der Waals surface area contributed by atoms with E-state index in [1.807, 2.05) is 22.9 Å². The van der Waals surface area contributed by atoms with Crippen molar-refractivity contribution in [2.24, 2.45) is 0 Å². The molecule has 0 saturated carbocycles. The van der Waals surface area contributed by atoms with E-state index < -0.39 is 0 Å². The molecule has 0 amide bonds. The molecular weight excluding hydrogens is 254 g/mol. The Balaban J connectivity index is 2.07. The fourth-order valence-corrected chi connectivity index (χ4v) is 4.96. The number of benzene rings is 1. The van der Waals surface area contributed by atoms with Gasteiger partial charge in [0.1, 0.15) is 0 Å². The second-order valence-corrected chi connectivity index (χ2v) is 7.03. The second-order valence-electron chi connectivity index (χ2n) is 3.31. The van der Waals surface area contributed by atoms with Crippen molar-refractivity contribution in [2.75, 3.05) is 0 Å². The molecule has 84 valence electrons. The number of thiazole rings is 1. The van der Waals surface area contributed by atoms with Gasteiger partial charge >= 0.3 is 0 Å². The topological polar surface area (TPSA) is 12.9 Å². The summed E-state index contributed by atoms with van der Waals surface area (Å²) in [4.78, 5) is 4.58. The van der Waals surface area contributed by atoms with Gasteiger partial charge in [0.2, 0.25) is 0 Å². The molecule has 16 heavy (non-hydrogen) atoms. The number of hydrogen-bond acceptors (Lipinski definition) is 4. The highest BCUT2D eigenvalue weighted by Gasteiger charge is 2.07. The Morgan fingerprint density at radius 1 is 1.50 bits per heavy atom. The average molecular weight is 267 g/mol. The van der Waals surface area contributed by atoms with E-state index in [2.05, 4.69) is 36.7 Å². The van der Waals surface area contributed by atoms with E-state index in [4.69, 9.17) is 0 Å². The summed E-state index contributed by atoms with van der Waals surface area (Å²) in [5.41, 5.74) is 1.10. The van der Waals surface area contributed by atoms with Crippen molar-refractivity contribution < 1.29 is 0 Å². The van der Waals surface area contributed by atoms with Gasteiger partial charge in [-0.15, -0.1) is 17.9 Å². The quantitative estimate of drug-likeness (QED) is 0.559. The molecule has 2 rings (SSSR count). The molecule has 1 heterocycles. The third kappa shape index (κ3) is 2.81. The molecule has 1 aromatic carbocycles. The van der Waals surface area contributed by atoms with Gasteiger partial charge in [-0.3, -0.25) is 0 Å². The fraction of sp³-hybridized carbons (Fsp3) is 0.250. The van der Waals surface area contributed by atoms with Crippen LogP contribution in [0, 0.1) is 0 Å². The maximum absolute atomic E-state index is 4.58. The van der Waals surface area contributed by atoms with E-state index >= 15 is 0 Å². The SMILES string of the molecule is C=CC(CC)SSc1nc2ccccc2s1. The molecule has 0 fully saturated rings. The van der Waals surface area contributed by atoms with Gasteiger partial charge in [0, 0.05) is 5.25 Å². The number of hydrogen-bond donors (Lipinski definition) is 0. The smallest absolute Gasteiger partial charge is 0.161 e. The highest BCUT2D eigenvalue weighted by Crippen LogP contribution is 2.39. The average Bonchev–Trinajstić information content (AvgIpc) is 2.73. The van der Waals surface area contributed by atoms with E-state index in [1.165, 1.54) is 4.70 Å². The molecule has 0 aliphatic heterocycles. The monoisotopic (exact) mass is 267 g/mol. The lowest BCUT2D eigenvalue weighted by Gasteiger charge is -2.05. The maximum atomic E-state index is 4.58. The minimum atomic E-state index is 0.511. The molecule has 0 bridgehead atoms. The maximum Gasteiger partial charge on any atom is 0.161 e. The summed E-state index contributed by atoms with van der Waals surface area (Å²) in [6.45, 7) is 6.01. The van der Waals surface area contributed by atoms with Gasteiger partial charge in [0.05, 0.1) is 10.2 Å². The van der Waals surface area contributed by atoms with Crippen molar-refractivity contribution in [3.05, 3.63) is 36.9 Å². The lowest BCUT2D eigenvalue weighted by molar-refractivity contribution is 0.985. The van der Waals surface area contributed by atoms with Gasteiger partial charge in [-0.1, -0.05) is 35.9 Å². The number of para-hydroxylation sites is 1. The zero-order valence-electron chi connectivity index (χ0n) is 9.05. The molecular formula is C12H13NS3. The van der Waals surface area contributed by atoms with Crippen LogP contribution >= 0.6 is 32.9 Å². The first-order chi connectivity index (χ1) is 7.83. The Morgan fingerprint density at radius 3 is 3.00 bits per heavy atom. The molecule has 0 N–H and O–H groups in total. The van der Waals surface area contributed by atoms with E-state index in [0.29, 0.717) is 5.25 Å². The predicted molar refractivity (Wildman–Crippen MR) is 77.3 cm³/mol. The molecule has 1 nitrogen and oxygen atoms in total. The van der Waals surface area contributed by atoms with Crippen LogP contribution in [0.3, 0.4) is 0 Å². The van der Waals surface area contributed by atoms with Crippen LogP contribution in [0.1, 0.15) is 13.3 Å². The Bertz CT molecular complexity index is 445. The molecule has 1 unspecified atom stereocenters. The fourth-order valence-electron chi connectivity index (χ4n) is 1.26. The number of nitrogens with zero attached hydrogens (tertiary/aromatic N) is 1. The van der Waals surface area contributed by atoms with Crippen LogP contribution in [0.25, 0.3) is 10.2 Å². The summed E-state index contributed by atoms with van der Waals surface area (Å²) in [5.74, 6) is 0. The normalized spacial score (nSPS) is 12.8. The lowest BCUT2D eigenvalue weighted by atomic mass is 10.3. The van der Waals surface area contributed by atoms with Crippen molar-refractivity contribution in [3.8, 4) is 0 Å². The minimum Gasteiger partial charge on any atom is -0.229 e. The second kappa shape index (κ2) is 5.75. The van der Waals surface area contributed by atoms with E-state index in [0.717, 1.165) is 16.3 Å². The van der Waals surface area contributed by atoms with Crippen LogP contribution in [0.4, 0.5) is 0 Å². The number of aromatic nitrogens is 1. The Morgan fingerprint density at radius 2 is 2.31 bits per heavy atom. The van der Waals surface area contributed by atoms with Crippen LogP contribution in [-0.4, -0.2) is 10.2 Å². The molecule has 0 aliphatic rings. The first kappa shape index (κ1) is 12.0. The summed E-state index contributed by atoms with van der Waals surface area (Å²) in [5, 5.41) is 0.511. The first-order valence-electron chi connectivity index (χ1n) is 5.15. The van der Waals surface area contributed by atoms with E-state index in [9.17, 15) is 0 Å². The van der Waals surface area contributed by atoms with Crippen molar-refractivity contribution in [2.45, 2.75) is 22.9 Å². The van der Waals surface area contributed by atoms with E-state index in [-0.39, 0.29) is 0 Å². The molecule has 1 aromatic heterocycles. The zero-order valence-corrected chi connectivity index (χ0v) is 11.5. The van der Waals surface area contributed by atoms with Crippen molar-refractivity contribution in [1.82, 2.24) is 4.98 Å². The highest BCUT2D eigenvalue weighted by atomic mass is 33.1. The van der Waals surface area contributed by atoms with Gasteiger partial charge in [0.15, 0.2) is 4.34 Å². The molecule has 0 aliphatic carbocycles. The Labute approximate surface area is 108 Å². The lowest BCUT2D eigenvalue weighted by Crippen LogP contribution is -1.90. The zero-order chi connectivity index (χ0) is 11.4. The Kier molecular flexibility index (Phi) is 4.32. The summed E-state index contributed by atoms with van der Waals surface area (Å²) in [6.07, 6.45) is 3.12. The molecule has 0 radical (unpaired) electrons. The summed E-state index contributed by atoms with van der Waals surface area (Å²) >= 11 is 1.76. The van der Waals surface area contributed by atoms with Crippen molar-refractivity contribution in [3.63, 3.8) is 0 Å². The third-order valence-corrected chi connectivity index (χ3v) is 6.44. The van der Waals surface area contributed by atoms with Gasteiger partial charge in [-0.05, 0) is 29.3 Å². The van der Waals surface area contributed by atoms with Gasteiger partial charge in [-0.25, -0.2) is 4.98 Å². The van der Waals surface area contributed by atoms with Crippen LogP contribution in [0.15, 0.2) is 41.3 Å². The van der Waals surface area contributed by atoms with Gasteiger partial charge in [0.25, 0.3) is 0 Å². The van der Waals surface area contributed by atoms with Crippen molar-refractivity contribution in [1.29, 1.82) is 0 Å². The number of fused-ring (bicyclic) bond motifs is 1. The summed E-state index contributed by atoms with van der Waals surface area (Å²) in [6, 6.07) is 8.26.